The number of hydrogen-bond donors (Lipinski definition) is 0. The molecular weight excluding hydrogens is 259 g/mol. The average Bonchev–Trinajstić information content (AvgIpc) is 2.74. The van der Waals surface area contributed by atoms with Gasteiger partial charge in [-0.25, -0.2) is 4.39 Å². The predicted molar refractivity (Wildman–Crippen MR) is 78.2 cm³/mol. The molecule has 0 atom stereocenters. The largest absolute Gasteiger partial charge is 0.464 e. The molecule has 0 saturated heterocycles. The zero-order valence-electron chi connectivity index (χ0n) is 12.2. The summed E-state index contributed by atoms with van der Waals surface area (Å²) in [6.07, 6.45) is 1.58. The first kappa shape index (κ1) is 14.3. The summed E-state index contributed by atoms with van der Waals surface area (Å²) in [6, 6.07) is 4.89. The van der Waals surface area contributed by atoms with Crippen LogP contribution in [0.1, 0.15) is 26.3 Å². The van der Waals surface area contributed by atoms with Crippen molar-refractivity contribution in [2.24, 2.45) is 0 Å². The molecule has 0 N–H and O–H groups in total. The first-order valence-electron chi connectivity index (χ1n) is 6.51. The lowest BCUT2D eigenvalue weighted by Crippen LogP contribution is -2.40. The van der Waals surface area contributed by atoms with E-state index >= 15 is 0 Å². The van der Waals surface area contributed by atoms with E-state index in [9.17, 15) is 4.39 Å². The molecule has 0 aliphatic rings. The Hall–Kier alpha value is -1.13. The summed E-state index contributed by atoms with van der Waals surface area (Å²) in [6.45, 7) is 11.2. The molecule has 4 heteroatoms. The van der Waals surface area contributed by atoms with E-state index < -0.39 is 8.32 Å². The van der Waals surface area contributed by atoms with Crippen LogP contribution in [0.2, 0.25) is 18.1 Å². The summed E-state index contributed by atoms with van der Waals surface area (Å²) in [7, 11) is -1.87. The van der Waals surface area contributed by atoms with Crippen molar-refractivity contribution in [1.29, 1.82) is 0 Å². The van der Waals surface area contributed by atoms with Crippen molar-refractivity contribution in [3.05, 3.63) is 35.8 Å². The summed E-state index contributed by atoms with van der Waals surface area (Å²) < 4.78 is 25.4. The standard InChI is InChI=1S/C15H21FO2Si/c1-15(2,3)19(4,5)18-10-12-11-8-9-17-14(11)7-6-13(12)16/h6-9H,10H2,1-5H3. The summed E-state index contributed by atoms with van der Waals surface area (Å²) >= 11 is 0. The molecule has 0 unspecified atom stereocenters. The molecular formula is C15H21FO2Si. The molecule has 104 valence electrons. The Morgan fingerprint density at radius 3 is 2.53 bits per heavy atom. The summed E-state index contributed by atoms with van der Waals surface area (Å²) in [5.41, 5.74) is 1.30. The van der Waals surface area contributed by atoms with Crippen LogP contribution in [0, 0.1) is 5.82 Å². The molecule has 0 spiro atoms. The average molecular weight is 280 g/mol. The van der Waals surface area contributed by atoms with E-state index in [4.69, 9.17) is 8.84 Å². The molecule has 0 aliphatic heterocycles. The third-order valence-corrected chi connectivity index (χ3v) is 8.55. The lowest BCUT2D eigenvalue weighted by Gasteiger charge is -2.36. The number of hydrogen-bond acceptors (Lipinski definition) is 2. The second kappa shape index (κ2) is 4.76. The molecule has 0 saturated carbocycles. The number of furan rings is 1. The van der Waals surface area contributed by atoms with Crippen molar-refractivity contribution in [3.63, 3.8) is 0 Å². The van der Waals surface area contributed by atoms with Crippen molar-refractivity contribution in [2.45, 2.75) is 45.5 Å². The number of benzene rings is 1. The second-order valence-electron chi connectivity index (χ2n) is 6.41. The van der Waals surface area contributed by atoms with Crippen molar-refractivity contribution in [2.75, 3.05) is 0 Å². The van der Waals surface area contributed by atoms with Crippen molar-refractivity contribution >= 4 is 19.3 Å². The maximum Gasteiger partial charge on any atom is 0.192 e. The van der Waals surface area contributed by atoms with Gasteiger partial charge in [0, 0.05) is 10.9 Å². The molecule has 0 aliphatic carbocycles. The summed E-state index contributed by atoms with van der Waals surface area (Å²) in [4.78, 5) is 0. The number of rotatable bonds is 3. The van der Waals surface area contributed by atoms with Gasteiger partial charge in [0.15, 0.2) is 8.32 Å². The number of halogens is 1. The van der Waals surface area contributed by atoms with Gasteiger partial charge in [-0.2, -0.15) is 0 Å². The Balaban J connectivity index is 2.27. The topological polar surface area (TPSA) is 22.4 Å². The molecule has 2 rings (SSSR count). The van der Waals surface area contributed by atoms with E-state index in [1.807, 2.05) is 0 Å². The quantitative estimate of drug-likeness (QED) is 0.730. The van der Waals surface area contributed by atoms with Crippen LogP contribution in [-0.4, -0.2) is 8.32 Å². The van der Waals surface area contributed by atoms with Crippen LogP contribution >= 0.6 is 0 Å². The fraction of sp³-hybridized carbons (Fsp3) is 0.467. The molecule has 0 amide bonds. The van der Waals surface area contributed by atoms with E-state index in [2.05, 4.69) is 33.9 Å². The fourth-order valence-corrected chi connectivity index (χ4v) is 2.63. The van der Waals surface area contributed by atoms with Crippen molar-refractivity contribution in [1.82, 2.24) is 0 Å². The van der Waals surface area contributed by atoms with Gasteiger partial charge in [-0.05, 0) is 36.3 Å². The Bertz CT molecular complexity index is 581. The minimum absolute atomic E-state index is 0.119. The highest BCUT2D eigenvalue weighted by molar-refractivity contribution is 6.74. The Morgan fingerprint density at radius 1 is 1.21 bits per heavy atom. The van der Waals surface area contributed by atoms with E-state index in [-0.39, 0.29) is 10.9 Å². The van der Waals surface area contributed by atoms with Gasteiger partial charge in [-0.15, -0.1) is 0 Å². The summed E-state index contributed by atoms with van der Waals surface area (Å²) in [5, 5.41) is 0.923. The molecule has 0 bridgehead atoms. The Kier molecular flexibility index (Phi) is 3.58. The first-order chi connectivity index (χ1) is 8.72. The smallest absolute Gasteiger partial charge is 0.192 e. The van der Waals surface area contributed by atoms with E-state index in [1.54, 1.807) is 18.4 Å². The van der Waals surface area contributed by atoms with E-state index in [0.29, 0.717) is 17.8 Å². The zero-order chi connectivity index (χ0) is 14.3. The van der Waals surface area contributed by atoms with Crippen LogP contribution in [0.4, 0.5) is 4.39 Å². The van der Waals surface area contributed by atoms with Crippen LogP contribution in [0.25, 0.3) is 11.0 Å². The molecule has 0 radical (unpaired) electrons. The molecule has 0 fully saturated rings. The van der Waals surface area contributed by atoms with Gasteiger partial charge in [0.05, 0.1) is 12.9 Å². The SMILES string of the molecule is CC(C)(C)[Si](C)(C)OCc1c(F)ccc2occc12. The molecule has 1 aromatic carbocycles. The monoisotopic (exact) mass is 280 g/mol. The van der Waals surface area contributed by atoms with Gasteiger partial charge < -0.3 is 8.84 Å². The van der Waals surface area contributed by atoms with Crippen LogP contribution in [0.15, 0.2) is 28.9 Å². The normalized spacial score (nSPS) is 13.2. The third kappa shape index (κ3) is 2.74. The number of fused-ring (bicyclic) bond motifs is 1. The van der Waals surface area contributed by atoms with Gasteiger partial charge >= 0.3 is 0 Å². The van der Waals surface area contributed by atoms with E-state index in [0.717, 1.165) is 5.39 Å². The van der Waals surface area contributed by atoms with Crippen LogP contribution < -0.4 is 0 Å². The highest BCUT2D eigenvalue weighted by atomic mass is 28.4. The van der Waals surface area contributed by atoms with Gasteiger partial charge in [0.25, 0.3) is 0 Å². The maximum absolute atomic E-state index is 14.0. The molecule has 1 aromatic heterocycles. The second-order valence-corrected chi connectivity index (χ2v) is 11.2. The molecule has 1 heterocycles. The van der Waals surface area contributed by atoms with Gasteiger partial charge in [-0.3, -0.25) is 0 Å². The lowest BCUT2D eigenvalue weighted by molar-refractivity contribution is 0.272. The highest BCUT2D eigenvalue weighted by Crippen LogP contribution is 2.37. The first-order valence-corrected chi connectivity index (χ1v) is 9.42. The lowest BCUT2D eigenvalue weighted by atomic mass is 10.1. The van der Waals surface area contributed by atoms with Gasteiger partial charge in [0.2, 0.25) is 0 Å². The van der Waals surface area contributed by atoms with Gasteiger partial charge in [-0.1, -0.05) is 20.8 Å². The molecule has 2 nitrogen and oxygen atoms in total. The van der Waals surface area contributed by atoms with Gasteiger partial charge in [0.1, 0.15) is 11.4 Å². The minimum Gasteiger partial charge on any atom is -0.464 e. The predicted octanol–water partition coefficient (Wildman–Crippen LogP) is 5.09. The molecule has 19 heavy (non-hydrogen) atoms. The van der Waals surface area contributed by atoms with E-state index in [1.165, 1.54) is 6.07 Å². The third-order valence-electron chi connectivity index (χ3n) is 4.07. The van der Waals surface area contributed by atoms with Crippen LogP contribution in [0.3, 0.4) is 0 Å². The Morgan fingerprint density at radius 2 is 1.89 bits per heavy atom. The summed E-state index contributed by atoms with van der Waals surface area (Å²) in [5.74, 6) is -0.229. The Labute approximate surface area is 114 Å². The van der Waals surface area contributed by atoms with Crippen molar-refractivity contribution < 1.29 is 13.2 Å². The van der Waals surface area contributed by atoms with Crippen molar-refractivity contribution in [3.8, 4) is 0 Å². The van der Waals surface area contributed by atoms with Crippen LogP contribution in [0.5, 0.6) is 0 Å². The maximum atomic E-state index is 14.0. The van der Waals surface area contributed by atoms with Crippen LogP contribution in [-0.2, 0) is 11.0 Å². The fourth-order valence-electron chi connectivity index (χ4n) is 1.69. The zero-order valence-corrected chi connectivity index (χ0v) is 13.2. The minimum atomic E-state index is -1.87. The molecule has 2 aromatic rings. The highest BCUT2D eigenvalue weighted by Gasteiger charge is 2.37.